The molecular weight excluding hydrogens is 258 g/mol. The van der Waals surface area contributed by atoms with Crippen LogP contribution in [-0.2, 0) is 19.6 Å². The second-order valence-electron chi connectivity index (χ2n) is 5.48. The van der Waals surface area contributed by atoms with Crippen LogP contribution in [0, 0.1) is 0 Å². The van der Waals surface area contributed by atoms with Gasteiger partial charge in [-0.25, -0.2) is 8.42 Å². The minimum absolute atomic E-state index is 0.141. The smallest absolute Gasteiger partial charge is 0.318 e. The molecule has 0 bridgehead atoms. The van der Waals surface area contributed by atoms with Crippen LogP contribution >= 0.6 is 0 Å². The third kappa shape index (κ3) is 4.22. The summed E-state index contributed by atoms with van der Waals surface area (Å²) in [5.74, 6) is -1.29. The van der Waals surface area contributed by atoms with Crippen LogP contribution in [0.4, 0.5) is 0 Å². The number of rotatable bonds is 5. The van der Waals surface area contributed by atoms with Crippen LogP contribution in [0.5, 0.6) is 0 Å². The van der Waals surface area contributed by atoms with Gasteiger partial charge in [-0.2, -0.15) is 4.31 Å². The van der Waals surface area contributed by atoms with Crippen LogP contribution in [0.2, 0.25) is 0 Å². The summed E-state index contributed by atoms with van der Waals surface area (Å²) >= 11 is 0. The fraction of sp³-hybridized carbons (Fsp3) is 0.909. The van der Waals surface area contributed by atoms with E-state index in [1.165, 1.54) is 0 Å². The molecule has 0 saturated carbocycles. The quantitative estimate of drug-likeness (QED) is 0.800. The second-order valence-corrected chi connectivity index (χ2v) is 7.42. The zero-order valence-corrected chi connectivity index (χ0v) is 11.9. The summed E-state index contributed by atoms with van der Waals surface area (Å²) in [6, 6.07) is 0. The average Bonchev–Trinajstić information content (AvgIpc) is 2.63. The van der Waals surface area contributed by atoms with Crippen molar-refractivity contribution in [1.29, 1.82) is 0 Å². The molecule has 1 atom stereocenters. The van der Waals surface area contributed by atoms with Crippen molar-refractivity contribution in [3.05, 3.63) is 0 Å². The van der Waals surface area contributed by atoms with Gasteiger partial charge in [0.15, 0.2) is 0 Å². The van der Waals surface area contributed by atoms with Crippen LogP contribution < -0.4 is 0 Å². The van der Waals surface area contributed by atoms with Crippen molar-refractivity contribution < 1.29 is 23.1 Å². The Bertz CT molecular complexity index is 392. The number of sulfonamides is 1. The van der Waals surface area contributed by atoms with Gasteiger partial charge in [0.05, 0.1) is 11.9 Å². The predicted octanol–water partition coefficient (Wildman–Crippen LogP) is 0.680. The molecule has 0 aromatic rings. The Morgan fingerprint density at radius 1 is 1.44 bits per heavy atom. The Kier molecular flexibility index (Phi) is 4.74. The van der Waals surface area contributed by atoms with Gasteiger partial charge in [-0.05, 0) is 33.6 Å². The van der Waals surface area contributed by atoms with Gasteiger partial charge in [0.2, 0.25) is 10.0 Å². The number of carboxylic acids is 1. The first kappa shape index (κ1) is 15.4. The molecule has 18 heavy (non-hydrogen) atoms. The number of nitrogens with zero attached hydrogens (tertiary/aromatic N) is 1. The molecule has 1 heterocycles. The van der Waals surface area contributed by atoms with Gasteiger partial charge in [-0.15, -0.1) is 0 Å². The molecule has 1 unspecified atom stereocenters. The van der Waals surface area contributed by atoms with Crippen LogP contribution in [0.3, 0.4) is 0 Å². The van der Waals surface area contributed by atoms with Crippen LogP contribution in [0.15, 0.2) is 0 Å². The van der Waals surface area contributed by atoms with Crippen molar-refractivity contribution in [3.63, 3.8) is 0 Å². The summed E-state index contributed by atoms with van der Waals surface area (Å²) in [6.07, 6.45) is 1.26. The molecule has 0 aromatic heterocycles. The van der Waals surface area contributed by atoms with Gasteiger partial charge < -0.3 is 9.84 Å². The normalized spacial score (nSPS) is 21.4. The molecule has 7 heteroatoms. The maximum atomic E-state index is 12.3. The standard InChI is InChI=1S/C11H21NO5S/c1-11(2,3)12(7-10(13)14)18(15,16)8-9-5-4-6-17-9/h9H,4-8H2,1-3H3,(H,13,14). The maximum absolute atomic E-state index is 12.3. The van der Waals surface area contributed by atoms with E-state index in [0.29, 0.717) is 13.0 Å². The molecule has 0 amide bonds. The van der Waals surface area contributed by atoms with Gasteiger partial charge in [0, 0.05) is 12.1 Å². The summed E-state index contributed by atoms with van der Waals surface area (Å²) in [7, 11) is -3.63. The molecule has 0 spiro atoms. The van der Waals surface area contributed by atoms with E-state index in [1.807, 2.05) is 0 Å². The topological polar surface area (TPSA) is 83.9 Å². The van der Waals surface area contributed by atoms with E-state index in [0.717, 1.165) is 10.7 Å². The van der Waals surface area contributed by atoms with Crippen LogP contribution in [0.1, 0.15) is 33.6 Å². The third-order valence-electron chi connectivity index (χ3n) is 2.78. The number of ether oxygens (including phenoxy) is 1. The number of hydrogen-bond acceptors (Lipinski definition) is 4. The van der Waals surface area contributed by atoms with Gasteiger partial charge in [-0.1, -0.05) is 0 Å². The van der Waals surface area contributed by atoms with E-state index in [1.54, 1.807) is 20.8 Å². The summed E-state index contributed by atoms with van der Waals surface area (Å²) in [5, 5.41) is 8.83. The number of hydrogen-bond donors (Lipinski definition) is 1. The van der Waals surface area contributed by atoms with Crippen molar-refractivity contribution >= 4 is 16.0 Å². The van der Waals surface area contributed by atoms with Crippen molar-refractivity contribution in [2.24, 2.45) is 0 Å². The average molecular weight is 279 g/mol. The lowest BCUT2D eigenvalue weighted by Gasteiger charge is -2.33. The fourth-order valence-corrected chi connectivity index (χ4v) is 4.03. The molecule has 1 aliphatic rings. The Labute approximate surface area is 108 Å². The lowest BCUT2D eigenvalue weighted by Crippen LogP contribution is -2.50. The molecule has 1 N–H and O–H groups in total. The van der Waals surface area contributed by atoms with E-state index in [-0.39, 0.29) is 11.9 Å². The zero-order valence-electron chi connectivity index (χ0n) is 11.0. The number of carbonyl (C=O) groups is 1. The Hall–Kier alpha value is -0.660. The predicted molar refractivity (Wildman–Crippen MR) is 66.9 cm³/mol. The summed E-state index contributed by atoms with van der Waals surface area (Å²) in [5.41, 5.74) is -0.754. The lowest BCUT2D eigenvalue weighted by atomic mass is 10.1. The van der Waals surface area contributed by atoms with Crippen molar-refractivity contribution in [2.45, 2.75) is 45.3 Å². The molecule has 0 aromatic carbocycles. The Balaban J connectivity index is 2.85. The highest BCUT2D eigenvalue weighted by Gasteiger charge is 2.36. The number of aliphatic carboxylic acids is 1. The SMILES string of the molecule is CC(C)(C)N(CC(=O)O)S(=O)(=O)CC1CCCO1. The largest absolute Gasteiger partial charge is 0.480 e. The monoisotopic (exact) mass is 279 g/mol. The van der Waals surface area contributed by atoms with Crippen molar-refractivity contribution in [1.82, 2.24) is 4.31 Å². The van der Waals surface area contributed by atoms with E-state index in [9.17, 15) is 13.2 Å². The molecule has 1 saturated heterocycles. The Morgan fingerprint density at radius 2 is 2.06 bits per heavy atom. The van der Waals surface area contributed by atoms with Crippen molar-refractivity contribution in [2.75, 3.05) is 18.9 Å². The minimum atomic E-state index is -3.63. The molecule has 1 fully saturated rings. The molecular formula is C11H21NO5S. The first-order valence-electron chi connectivity index (χ1n) is 5.97. The minimum Gasteiger partial charge on any atom is -0.480 e. The first-order chi connectivity index (χ1) is 8.13. The molecule has 1 aliphatic heterocycles. The van der Waals surface area contributed by atoms with Crippen LogP contribution in [0.25, 0.3) is 0 Å². The van der Waals surface area contributed by atoms with Gasteiger partial charge in [0.1, 0.15) is 6.54 Å². The highest BCUT2D eigenvalue weighted by atomic mass is 32.2. The van der Waals surface area contributed by atoms with E-state index in [4.69, 9.17) is 9.84 Å². The Morgan fingerprint density at radius 3 is 2.44 bits per heavy atom. The summed E-state index contributed by atoms with van der Waals surface area (Å²) in [4.78, 5) is 10.8. The maximum Gasteiger partial charge on any atom is 0.318 e. The highest BCUT2D eigenvalue weighted by molar-refractivity contribution is 7.89. The first-order valence-corrected chi connectivity index (χ1v) is 7.58. The fourth-order valence-electron chi connectivity index (χ4n) is 1.98. The van der Waals surface area contributed by atoms with Crippen molar-refractivity contribution in [3.8, 4) is 0 Å². The number of carboxylic acid groups (broad SMARTS) is 1. The second kappa shape index (κ2) is 5.54. The third-order valence-corrected chi connectivity index (χ3v) is 4.92. The van der Waals surface area contributed by atoms with E-state index >= 15 is 0 Å². The lowest BCUT2D eigenvalue weighted by molar-refractivity contribution is -0.138. The molecule has 106 valence electrons. The molecule has 0 radical (unpaired) electrons. The zero-order chi connectivity index (χ0) is 14.0. The highest BCUT2D eigenvalue weighted by Crippen LogP contribution is 2.22. The van der Waals surface area contributed by atoms with Crippen LogP contribution in [-0.4, -0.2) is 54.3 Å². The van der Waals surface area contributed by atoms with Gasteiger partial charge in [-0.3, -0.25) is 4.79 Å². The van der Waals surface area contributed by atoms with Gasteiger partial charge >= 0.3 is 5.97 Å². The van der Waals surface area contributed by atoms with E-state index < -0.39 is 28.1 Å². The van der Waals surface area contributed by atoms with E-state index in [2.05, 4.69) is 0 Å². The summed E-state index contributed by atoms with van der Waals surface area (Å²) in [6.45, 7) is 5.11. The molecule has 6 nitrogen and oxygen atoms in total. The molecule has 0 aliphatic carbocycles. The molecule has 1 rings (SSSR count). The van der Waals surface area contributed by atoms with Gasteiger partial charge in [0.25, 0.3) is 0 Å². The summed E-state index contributed by atoms with van der Waals surface area (Å²) < 4.78 is 30.8.